The molecule has 3 rings (SSSR count). The summed E-state index contributed by atoms with van der Waals surface area (Å²) < 4.78 is 5.08. The third kappa shape index (κ3) is 2.63. The van der Waals surface area contributed by atoms with Crippen molar-refractivity contribution in [1.29, 1.82) is 5.26 Å². The zero-order valence-corrected chi connectivity index (χ0v) is 13.5. The molecule has 2 aromatic rings. The first-order valence-corrected chi connectivity index (χ1v) is 7.52. The molecule has 0 aromatic carbocycles. The van der Waals surface area contributed by atoms with Crippen molar-refractivity contribution >= 4 is 11.7 Å². The molecule has 0 spiro atoms. The van der Waals surface area contributed by atoms with Gasteiger partial charge in [0.15, 0.2) is 0 Å². The molecule has 0 unspecified atom stereocenters. The molecule has 0 saturated carbocycles. The van der Waals surface area contributed by atoms with Crippen molar-refractivity contribution in [2.75, 3.05) is 19.4 Å². The molecule has 0 fully saturated rings. The lowest BCUT2D eigenvalue weighted by Crippen LogP contribution is -2.35. The minimum Gasteiger partial charge on any atom is -0.481 e. The van der Waals surface area contributed by atoms with Crippen LogP contribution in [0.1, 0.15) is 23.7 Å². The summed E-state index contributed by atoms with van der Waals surface area (Å²) in [5.41, 5.74) is 9.43. The van der Waals surface area contributed by atoms with Crippen molar-refractivity contribution in [2.45, 2.75) is 19.9 Å². The number of carbonyl (C=O) groups excluding carboxylic acids is 1. The summed E-state index contributed by atoms with van der Waals surface area (Å²) in [4.78, 5) is 22.1. The topological polar surface area (TPSA) is 105 Å². The molecular weight excluding hydrogens is 306 g/mol. The van der Waals surface area contributed by atoms with Gasteiger partial charge in [-0.15, -0.1) is 0 Å². The highest BCUT2D eigenvalue weighted by atomic mass is 16.5. The summed E-state index contributed by atoms with van der Waals surface area (Å²) in [5.74, 6) is 0.687. The number of fused-ring (bicyclic) bond motifs is 1. The smallest absolute Gasteiger partial charge is 0.219 e. The van der Waals surface area contributed by atoms with Crippen molar-refractivity contribution in [3.05, 3.63) is 35.2 Å². The highest BCUT2D eigenvalue weighted by Crippen LogP contribution is 2.35. The highest BCUT2D eigenvalue weighted by Gasteiger charge is 2.26. The summed E-state index contributed by atoms with van der Waals surface area (Å²) in [7, 11) is 1.54. The van der Waals surface area contributed by atoms with E-state index >= 15 is 0 Å². The van der Waals surface area contributed by atoms with E-state index in [1.807, 2.05) is 6.07 Å². The summed E-state index contributed by atoms with van der Waals surface area (Å²) in [6.07, 6.45) is 2.25. The van der Waals surface area contributed by atoms with Gasteiger partial charge in [-0.05, 0) is 6.07 Å². The average molecular weight is 323 g/mol. The van der Waals surface area contributed by atoms with E-state index in [0.717, 1.165) is 16.8 Å². The summed E-state index contributed by atoms with van der Waals surface area (Å²) >= 11 is 0. The van der Waals surface area contributed by atoms with E-state index in [9.17, 15) is 10.1 Å². The number of ether oxygens (including phenoxy) is 1. The van der Waals surface area contributed by atoms with Crippen molar-refractivity contribution in [3.63, 3.8) is 0 Å². The lowest BCUT2D eigenvalue weighted by atomic mass is 9.92. The van der Waals surface area contributed by atoms with Gasteiger partial charge >= 0.3 is 0 Å². The van der Waals surface area contributed by atoms with Gasteiger partial charge in [-0.2, -0.15) is 5.26 Å². The predicted octanol–water partition coefficient (Wildman–Crippen LogP) is 1.51. The second kappa shape index (κ2) is 6.16. The van der Waals surface area contributed by atoms with Crippen LogP contribution in [-0.4, -0.2) is 34.4 Å². The van der Waals surface area contributed by atoms with E-state index in [1.165, 1.54) is 6.92 Å². The monoisotopic (exact) mass is 323 g/mol. The van der Waals surface area contributed by atoms with Gasteiger partial charge < -0.3 is 15.4 Å². The van der Waals surface area contributed by atoms with Gasteiger partial charge in [-0.25, -0.2) is 9.97 Å². The maximum absolute atomic E-state index is 11.7. The fourth-order valence-electron chi connectivity index (χ4n) is 2.93. The van der Waals surface area contributed by atoms with E-state index in [1.54, 1.807) is 24.3 Å². The zero-order valence-electron chi connectivity index (χ0n) is 13.5. The summed E-state index contributed by atoms with van der Waals surface area (Å²) in [6.45, 7) is 2.55. The zero-order chi connectivity index (χ0) is 17.3. The van der Waals surface area contributed by atoms with Crippen molar-refractivity contribution in [1.82, 2.24) is 14.9 Å². The van der Waals surface area contributed by atoms with Gasteiger partial charge in [0.2, 0.25) is 11.8 Å². The number of carbonyl (C=O) groups is 1. The number of rotatable bonds is 2. The number of nitrogen functional groups attached to an aromatic ring is 1. The molecule has 122 valence electrons. The lowest BCUT2D eigenvalue weighted by Gasteiger charge is -2.29. The number of nitriles is 1. The molecular formula is C17H17N5O2. The van der Waals surface area contributed by atoms with Gasteiger partial charge in [0.25, 0.3) is 0 Å². The van der Waals surface area contributed by atoms with Crippen LogP contribution in [0.3, 0.4) is 0 Å². The van der Waals surface area contributed by atoms with Crippen molar-refractivity contribution in [3.8, 4) is 23.1 Å². The minimum absolute atomic E-state index is 0.00483. The van der Waals surface area contributed by atoms with Crippen LogP contribution < -0.4 is 10.5 Å². The minimum atomic E-state index is -0.00483. The van der Waals surface area contributed by atoms with Crippen LogP contribution in [0, 0.1) is 11.3 Å². The quantitative estimate of drug-likeness (QED) is 0.898. The molecule has 3 heterocycles. The molecule has 0 saturated heterocycles. The Bertz CT molecular complexity index is 840. The van der Waals surface area contributed by atoms with Crippen molar-refractivity contribution in [2.24, 2.45) is 0 Å². The maximum Gasteiger partial charge on any atom is 0.219 e. The molecule has 7 nitrogen and oxygen atoms in total. The molecule has 7 heteroatoms. The SMILES string of the molecule is COc1ccc(-c2c(C#N)c(N)nc3c2CN(C(C)=O)CC3)cn1. The second-order valence-corrected chi connectivity index (χ2v) is 5.56. The largest absolute Gasteiger partial charge is 0.481 e. The molecule has 2 aromatic heterocycles. The third-order valence-electron chi connectivity index (χ3n) is 4.17. The molecule has 0 bridgehead atoms. The van der Waals surface area contributed by atoms with Gasteiger partial charge in [-0.1, -0.05) is 0 Å². The van der Waals surface area contributed by atoms with E-state index in [4.69, 9.17) is 10.5 Å². The number of methoxy groups -OCH3 is 1. The first-order valence-electron chi connectivity index (χ1n) is 7.52. The summed E-state index contributed by atoms with van der Waals surface area (Å²) in [5, 5.41) is 9.54. The van der Waals surface area contributed by atoms with Crippen LogP contribution in [0.5, 0.6) is 5.88 Å². The molecule has 0 atom stereocenters. The molecule has 0 radical (unpaired) electrons. The predicted molar refractivity (Wildman–Crippen MR) is 87.9 cm³/mol. The Balaban J connectivity index is 2.20. The van der Waals surface area contributed by atoms with Gasteiger partial charge in [-0.3, -0.25) is 4.79 Å². The normalized spacial score (nSPS) is 13.1. The fraction of sp³-hybridized carbons (Fsp3) is 0.294. The average Bonchev–Trinajstić information content (AvgIpc) is 2.60. The second-order valence-electron chi connectivity index (χ2n) is 5.56. The van der Waals surface area contributed by atoms with Crippen LogP contribution in [0.15, 0.2) is 18.3 Å². The number of hydrogen-bond donors (Lipinski definition) is 1. The number of aromatic nitrogens is 2. The number of pyridine rings is 2. The maximum atomic E-state index is 11.7. The Morgan fingerprint density at radius 2 is 2.25 bits per heavy atom. The van der Waals surface area contributed by atoms with Gasteiger partial charge in [0, 0.05) is 55.4 Å². The first kappa shape index (κ1) is 15.7. The highest BCUT2D eigenvalue weighted by molar-refractivity contribution is 5.80. The Morgan fingerprint density at radius 1 is 1.46 bits per heavy atom. The van der Waals surface area contributed by atoms with E-state index in [2.05, 4.69) is 16.0 Å². The molecule has 1 aliphatic heterocycles. The van der Waals surface area contributed by atoms with Gasteiger partial charge in [0.05, 0.1) is 12.8 Å². The molecule has 1 amide bonds. The van der Waals surface area contributed by atoms with Crippen LogP contribution >= 0.6 is 0 Å². The number of nitrogens with zero attached hydrogens (tertiary/aromatic N) is 4. The fourth-order valence-corrected chi connectivity index (χ4v) is 2.93. The molecule has 2 N–H and O–H groups in total. The van der Waals surface area contributed by atoms with Crippen molar-refractivity contribution < 1.29 is 9.53 Å². The number of amides is 1. The Hall–Kier alpha value is -3.14. The first-order chi connectivity index (χ1) is 11.5. The standard InChI is InChI=1S/C17H17N5O2/c1-10(23)22-6-5-14-13(9-22)16(12(7-18)17(19)21-14)11-3-4-15(24-2)20-8-11/h3-4,8H,5-6,9H2,1-2H3,(H2,19,21). The van der Waals surface area contributed by atoms with E-state index < -0.39 is 0 Å². The summed E-state index contributed by atoms with van der Waals surface area (Å²) in [6, 6.07) is 5.69. The van der Waals surface area contributed by atoms with Crippen LogP contribution in [0.2, 0.25) is 0 Å². The molecule has 24 heavy (non-hydrogen) atoms. The van der Waals surface area contributed by atoms with Crippen LogP contribution in [-0.2, 0) is 17.8 Å². The van der Waals surface area contributed by atoms with E-state index in [0.29, 0.717) is 36.5 Å². The van der Waals surface area contributed by atoms with E-state index in [-0.39, 0.29) is 11.7 Å². The molecule has 0 aliphatic carbocycles. The van der Waals surface area contributed by atoms with Crippen LogP contribution in [0.25, 0.3) is 11.1 Å². The Labute approximate surface area is 139 Å². The number of nitrogens with two attached hydrogens (primary N) is 1. The lowest BCUT2D eigenvalue weighted by molar-refractivity contribution is -0.129. The Kier molecular flexibility index (Phi) is 4.04. The van der Waals surface area contributed by atoms with Gasteiger partial charge in [0.1, 0.15) is 17.5 Å². The molecule has 1 aliphatic rings. The van der Waals surface area contributed by atoms with Crippen LogP contribution in [0.4, 0.5) is 5.82 Å². The number of anilines is 1. The third-order valence-corrected chi connectivity index (χ3v) is 4.17. The number of hydrogen-bond acceptors (Lipinski definition) is 6. The Morgan fingerprint density at radius 3 is 2.83 bits per heavy atom.